The molecule has 1 aromatic rings. The summed E-state index contributed by atoms with van der Waals surface area (Å²) in [4.78, 5) is 5.24. The maximum Gasteiger partial charge on any atom is 0.0701 e. The van der Waals surface area contributed by atoms with Gasteiger partial charge in [0.05, 0.1) is 3.79 Å². The summed E-state index contributed by atoms with van der Waals surface area (Å²) in [6.45, 7) is 8.40. The van der Waals surface area contributed by atoms with Gasteiger partial charge in [0.2, 0.25) is 0 Å². The molecule has 3 rings (SSSR count). The maximum absolute atomic E-state index is 3.54. The molecular formula is C13H20BrN3S. The second-order valence-corrected chi connectivity index (χ2v) is 7.51. The Balaban J connectivity index is 1.47. The first-order chi connectivity index (χ1) is 8.81. The van der Waals surface area contributed by atoms with E-state index in [0.717, 1.165) is 12.6 Å². The van der Waals surface area contributed by atoms with Gasteiger partial charge in [0, 0.05) is 45.3 Å². The topological polar surface area (TPSA) is 18.5 Å². The monoisotopic (exact) mass is 329 g/mol. The summed E-state index contributed by atoms with van der Waals surface area (Å²) in [5, 5.41) is 5.73. The van der Waals surface area contributed by atoms with Crippen molar-refractivity contribution in [2.45, 2.75) is 19.0 Å². The summed E-state index contributed by atoms with van der Waals surface area (Å²) in [5.74, 6) is 0. The van der Waals surface area contributed by atoms with Gasteiger partial charge in [-0.3, -0.25) is 9.80 Å². The molecule has 1 atom stereocenters. The van der Waals surface area contributed by atoms with Gasteiger partial charge in [0.15, 0.2) is 0 Å². The van der Waals surface area contributed by atoms with Gasteiger partial charge in [0.25, 0.3) is 0 Å². The predicted molar refractivity (Wildman–Crippen MR) is 80.1 cm³/mol. The zero-order valence-corrected chi connectivity index (χ0v) is 13.0. The number of nitrogens with one attached hydrogen (secondary N) is 1. The van der Waals surface area contributed by atoms with Crippen molar-refractivity contribution >= 4 is 27.3 Å². The number of halogens is 1. The summed E-state index contributed by atoms with van der Waals surface area (Å²) in [6.07, 6.45) is 1.33. The Morgan fingerprint density at radius 2 is 2.17 bits per heavy atom. The Morgan fingerprint density at radius 3 is 2.78 bits per heavy atom. The molecule has 5 heteroatoms. The minimum absolute atomic E-state index is 0.794. The van der Waals surface area contributed by atoms with Crippen LogP contribution in [0, 0.1) is 0 Å². The summed E-state index contributed by atoms with van der Waals surface area (Å²) in [5.41, 5.74) is 1.45. The lowest BCUT2D eigenvalue weighted by Gasteiger charge is -2.37. The molecule has 0 aromatic carbocycles. The van der Waals surface area contributed by atoms with Crippen LogP contribution < -0.4 is 5.32 Å². The average Bonchev–Trinajstić information content (AvgIpc) is 3.02. The predicted octanol–water partition coefficient (Wildman–Crippen LogP) is 1.99. The summed E-state index contributed by atoms with van der Waals surface area (Å²) < 4.78 is 1.24. The Kier molecular flexibility index (Phi) is 4.36. The van der Waals surface area contributed by atoms with Crippen molar-refractivity contribution in [3.8, 4) is 0 Å². The third kappa shape index (κ3) is 3.14. The fraction of sp³-hybridized carbons (Fsp3) is 0.692. The molecule has 0 saturated carbocycles. The summed E-state index contributed by atoms with van der Waals surface area (Å²) in [7, 11) is 0. The van der Waals surface area contributed by atoms with E-state index in [1.54, 1.807) is 11.3 Å². The van der Waals surface area contributed by atoms with Gasteiger partial charge < -0.3 is 5.32 Å². The van der Waals surface area contributed by atoms with E-state index in [4.69, 9.17) is 0 Å². The second kappa shape index (κ2) is 6.01. The van der Waals surface area contributed by atoms with Crippen LogP contribution in [-0.2, 0) is 6.54 Å². The van der Waals surface area contributed by atoms with Crippen LogP contribution in [-0.4, -0.2) is 55.1 Å². The molecule has 0 aliphatic carbocycles. The lowest BCUT2D eigenvalue weighted by molar-refractivity contribution is 0.0982. The van der Waals surface area contributed by atoms with Crippen molar-refractivity contribution in [1.29, 1.82) is 0 Å². The minimum Gasteiger partial charge on any atom is -0.315 e. The molecule has 0 amide bonds. The molecule has 18 heavy (non-hydrogen) atoms. The number of rotatable bonds is 3. The molecule has 2 saturated heterocycles. The molecule has 2 aliphatic heterocycles. The van der Waals surface area contributed by atoms with E-state index in [0.29, 0.717) is 0 Å². The van der Waals surface area contributed by atoms with Crippen molar-refractivity contribution in [2.24, 2.45) is 0 Å². The highest BCUT2D eigenvalue weighted by molar-refractivity contribution is 9.11. The minimum atomic E-state index is 0.794. The van der Waals surface area contributed by atoms with Gasteiger partial charge in [-0.15, -0.1) is 11.3 Å². The summed E-state index contributed by atoms with van der Waals surface area (Å²) >= 11 is 5.32. The van der Waals surface area contributed by atoms with Gasteiger partial charge in [-0.25, -0.2) is 0 Å². The van der Waals surface area contributed by atoms with Crippen molar-refractivity contribution in [3.05, 3.63) is 20.8 Å². The molecule has 3 heterocycles. The quantitative estimate of drug-likeness (QED) is 0.914. The van der Waals surface area contributed by atoms with E-state index >= 15 is 0 Å². The average molecular weight is 330 g/mol. The molecule has 2 fully saturated rings. The van der Waals surface area contributed by atoms with E-state index in [9.17, 15) is 0 Å². The Morgan fingerprint density at radius 1 is 1.33 bits per heavy atom. The first-order valence-corrected chi connectivity index (χ1v) is 8.38. The van der Waals surface area contributed by atoms with Crippen LogP contribution in [0.3, 0.4) is 0 Å². The zero-order chi connectivity index (χ0) is 12.4. The van der Waals surface area contributed by atoms with Crippen LogP contribution in [0.1, 0.15) is 12.0 Å². The lowest BCUT2D eigenvalue weighted by Crippen LogP contribution is -2.50. The van der Waals surface area contributed by atoms with Crippen LogP contribution in [0.2, 0.25) is 0 Å². The highest BCUT2D eigenvalue weighted by atomic mass is 79.9. The van der Waals surface area contributed by atoms with Crippen LogP contribution >= 0.6 is 27.3 Å². The SMILES string of the molecule is Brc1cc(CN2CCN(C3CCNC3)CC2)cs1. The van der Waals surface area contributed by atoms with Crippen LogP contribution in [0.15, 0.2) is 15.2 Å². The zero-order valence-electron chi connectivity index (χ0n) is 10.6. The third-order valence-electron chi connectivity index (χ3n) is 3.99. The molecule has 1 N–H and O–H groups in total. The molecule has 1 unspecified atom stereocenters. The molecule has 0 bridgehead atoms. The Labute approximate surface area is 121 Å². The van der Waals surface area contributed by atoms with E-state index in [-0.39, 0.29) is 0 Å². The second-order valence-electron chi connectivity index (χ2n) is 5.22. The number of hydrogen-bond acceptors (Lipinski definition) is 4. The fourth-order valence-corrected chi connectivity index (χ4v) is 4.12. The standard InChI is InChI=1S/C13H20BrN3S/c14-13-7-11(10-18-13)9-16-3-5-17(6-4-16)12-1-2-15-8-12/h7,10,12,15H,1-6,8-9H2. The number of piperazine rings is 1. The van der Waals surface area contributed by atoms with Crippen LogP contribution in [0.5, 0.6) is 0 Å². The molecule has 100 valence electrons. The van der Waals surface area contributed by atoms with E-state index < -0.39 is 0 Å². The molecule has 0 radical (unpaired) electrons. The van der Waals surface area contributed by atoms with Gasteiger partial charge in [-0.05, 0) is 45.9 Å². The Bertz CT molecular complexity index is 381. The molecular weight excluding hydrogens is 310 g/mol. The first-order valence-electron chi connectivity index (χ1n) is 6.71. The fourth-order valence-electron chi connectivity index (χ4n) is 2.92. The molecule has 0 spiro atoms. The maximum atomic E-state index is 3.54. The third-order valence-corrected chi connectivity index (χ3v) is 5.54. The van der Waals surface area contributed by atoms with E-state index in [2.05, 4.69) is 42.5 Å². The van der Waals surface area contributed by atoms with Crippen molar-refractivity contribution < 1.29 is 0 Å². The molecule has 1 aromatic heterocycles. The molecule has 2 aliphatic rings. The highest BCUT2D eigenvalue weighted by Gasteiger charge is 2.25. The normalized spacial score (nSPS) is 26.8. The number of nitrogens with zero attached hydrogens (tertiary/aromatic N) is 2. The van der Waals surface area contributed by atoms with Gasteiger partial charge >= 0.3 is 0 Å². The largest absolute Gasteiger partial charge is 0.315 e. The van der Waals surface area contributed by atoms with Gasteiger partial charge in [-0.2, -0.15) is 0 Å². The number of thiophene rings is 1. The van der Waals surface area contributed by atoms with Crippen LogP contribution in [0.25, 0.3) is 0 Å². The smallest absolute Gasteiger partial charge is 0.0701 e. The van der Waals surface area contributed by atoms with Crippen molar-refractivity contribution in [1.82, 2.24) is 15.1 Å². The van der Waals surface area contributed by atoms with Gasteiger partial charge in [0.1, 0.15) is 0 Å². The highest BCUT2D eigenvalue weighted by Crippen LogP contribution is 2.22. The van der Waals surface area contributed by atoms with E-state index in [1.165, 1.54) is 55.0 Å². The van der Waals surface area contributed by atoms with E-state index in [1.807, 2.05) is 0 Å². The van der Waals surface area contributed by atoms with Gasteiger partial charge in [-0.1, -0.05) is 0 Å². The van der Waals surface area contributed by atoms with Crippen molar-refractivity contribution in [3.63, 3.8) is 0 Å². The van der Waals surface area contributed by atoms with Crippen LogP contribution in [0.4, 0.5) is 0 Å². The Hall–Kier alpha value is 0.0600. The number of hydrogen-bond donors (Lipinski definition) is 1. The van der Waals surface area contributed by atoms with Crippen molar-refractivity contribution in [2.75, 3.05) is 39.3 Å². The molecule has 3 nitrogen and oxygen atoms in total. The first kappa shape index (κ1) is 13.1. The summed E-state index contributed by atoms with van der Waals surface area (Å²) in [6, 6.07) is 3.04. The lowest BCUT2D eigenvalue weighted by atomic mass is 10.2.